The van der Waals surface area contributed by atoms with Crippen molar-refractivity contribution >= 4 is 12.0 Å². The van der Waals surface area contributed by atoms with Gasteiger partial charge in [-0.15, -0.1) is 0 Å². The second-order valence-electron chi connectivity index (χ2n) is 6.36. The highest BCUT2D eigenvalue weighted by Gasteiger charge is 2.21. The van der Waals surface area contributed by atoms with Crippen LogP contribution < -0.4 is 5.32 Å². The summed E-state index contributed by atoms with van der Waals surface area (Å²) in [5, 5.41) is 6.67. The molecule has 1 aromatic rings. The quantitative estimate of drug-likeness (QED) is 0.683. The summed E-state index contributed by atoms with van der Waals surface area (Å²) < 4.78 is 13.4. The van der Waals surface area contributed by atoms with E-state index in [1.54, 1.807) is 0 Å². The molecule has 0 spiro atoms. The zero-order chi connectivity index (χ0) is 18.1. The maximum absolute atomic E-state index is 5.72. The Bertz CT molecular complexity index is 520. The van der Waals surface area contributed by atoms with Gasteiger partial charge in [-0.1, -0.05) is 27.2 Å². The molecule has 2 aliphatic heterocycles. The van der Waals surface area contributed by atoms with Crippen molar-refractivity contribution in [2.75, 3.05) is 38.2 Å². The van der Waals surface area contributed by atoms with Gasteiger partial charge < -0.3 is 20.3 Å². The molecule has 0 aliphatic carbocycles. The van der Waals surface area contributed by atoms with E-state index in [1.165, 1.54) is 0 Å². The highest BCUT2D eigenvalue weighted by Crippen LogP contribution is 2.21. The molecule has 154 valence electrons. The Balaban J connectivity index is 0.00000164. The fourth-order valence-electron chi connectivity index (χ4n) is 3.03. The molecule has 2 unspecified atom stereocenters. The smallest absolute Gasteiger partial charge is 0.226 e. The Kier molecular flexibility index (Phi) is 10.6. The fourth-order valence-corrected chi connectivity index (χ4v) is 3.03. The van der Waals surface area contributed by atoms with Crippen LogP contribution in [0.25, 0.3) is 0 Å². The van der Waals surface area contributed by atoms with Crippen LogP contribution in [0.3, 0.4) is 0 Å². The number of aryl methyl sites for hydroxylation is 1. The molecule has 1 saturated heterocycles. The zero-order valence-corrected chi connectivity index (χ0v) is 16.8. The van der Waals surface area contributed by atoms with E-state index >= 15 is 0 Å². The summed E-state index contributed by atoms with van der Waals surface area (Å²) in [6.45, 7) is 14.1. The first-order chi connectivity index (χ1) is 12.3. The summed E-state index contributed by atoms with van der Waals surface area (Å²) in [6, 6.07) is 0. The summed E-state index contributed by atoms with van der Waals surface area (Å²) >= 11 is 0. The molecule has 0 bridgehead atoms. The van der Waals surface area contributed by atoms with E-state index in [1.807, 2.05) is 20.1 Å². The standard InChI is InChI=1S/C16H29N5O2.C2H6.H2O.H2/c1-3-4-9-23-16-17-11-14-15(18-16)21(19-14)7-5-6-20-8-10-22-13(2)12-20;1-2;;/h11,13,16,18-19H,3-10,12H2,1-2H3;1-2H3;1H2;1H. The van der Waals surface area contributed by atoms with E-state index in [-0.39, 0.29) is 13.3 Å². The molecule has 2 atom stereocenters. The molecule has 3 rings (SSSR count). The number of H-pyrrole nitrogens is 1. The lowest BCUT2D eigenvalue weighted by molar-refractivity contribution is -0.0188. The SMILES string of the molecule is CC.CCCCOC1N=Cc2[nH]n(CCCN3CCOC(C)C3)c2N1.O.[HH]. The minimum absolute atomic E-state index is 0. The van der Waals surface area contributed by atoms with Crippen molar-refractivity contribution < 1.29 is 16.4 Å². The summed E-state index contributed by atoms with van der Waals surface area (Å²) in [4.78, 5) is 6.83. The van der Waals surface area contributed by atoms with Crippen molar-refractivity contribution in [1.82, 2.24) is 14.7 Å². The van der Waals surface area contributed by atoms with Crippen LogP contribution in [-0.4, -0.2) is 71.7 Å². The van der Waals surface area contributed by atoms with Crippen molar-refractivity contribution in [2.45, 2.75) is 66.0 Å². The number of hydrogen-bond donors (Lipinski definition) is 2. The van der Waals surface area contributed by atoms with Gasteiger partial charge in [0, 0.05) is 27.6 Å². The Morgan fingerprint density at radius 1 is 1.35 bits per heavy atom. The predicted octanol–water partition coefficient (Wildman–Crippen LogP) is 2.32. The molecular weight excluding hydrogens is 334 g/mol. The van der Waals surface area contributed by atoms with E-state index < -0.39 is 0 Å². The van der Waals surface area contributed by atoms with Crippen LogP contribution in [0.1, 0.15) is 54.1 Å². The normalized spacial score (nSPS) is 22.0. The Morgan fingerprint density at radius 3 is 2.88 bits per heavy atom. The Labute approximate surface area is 158 Å². The average Bonchev–Trinajstić information content (AvgIpc) is 2.62. The Hall–Kier alpha value is -1.35. The van der Waals surface area contributed by atoms with E-state index in [2.05, 4.69) is 38.8 Å². The van der Waals surface area contributed by atoms with Crippen molar-refractivity contribution in [3.05, 3.63) is 5.69 Å². The van der Waals surface area contributed by atoms with Gasteiger partial charge >= 0.3 is 0 Å². The molecule has 4 N–H and O–H groups in total. The summed E-state index contributed by atoms with van der Waals surface area (Å²) in [5.41, 5.74) is 1.06. The molecular formula is C18H39N5O3. The lowest BCUT2D eigenvalue weighted by atomic mass is 10.2. The molecule has 0 aromatic carbocycles. The second-order valence-corrected chi connectivity index (χ2v) is 6.36. The molecule has 8 heteroatoms. The van der Waals surface area contributed by atoms with E-state index in [0.717, 1.165) is 70.2 Å². The molecule has 0 saturated carbocycles. The highest BCUT2D eigenvalue weighted by atomic mass is 16.5. The molecule has 0 amide bonds. The number of morpholine rings is 1. The first kappa shape index (κ1) is 22.7. The number of ether oxygens (including phenoxy) is 2. The number of aromatic amines is 1. The number of rotatable bonds is 8. The van der Waals surface area contributed by atoms with E-state index in [0.29, 0.717) is 6.10 Å². The van der Waals surface area contributed by atoms with Gasteiger partial charge in [0.1, 0.15) is 5.69 Å². The van der Waals surface area contributed by atoms with Crippen LogP contribution in [0, 0.1) is 0 Å². The third-order valence-electron chi connectivity index (χ3n) is 4.33. The maximum atomic E-state index is 5.72. The summed E-state index contributed by atoms with van der Waals surface area (Å²) in [7, 11) is 0. The van der Waals surface area contributed by atoms with Crippen LogP contribution in [0.5, 0.6) is 0 Å². The van der Waals surface area contributed by atoms with Gasteiger partial charge in [0.2, 0.25) is 6.35 Å². The number of aromatic nitrogens is 2. The Morgan fingerprint density at radius 2 is 2.15 bits per heavy atom. The lowest BCUT2D eigenvalue weighted by Crippen LogP contribution is -2.41. The van der Waals surface area contributed by atoms with Crippen molar-refractivity contribution in [2.24, 2.45) is 4.99 Å². The van der Waals surface area contributed by atoms with E-state index in [9.17, 15) is 0 Å². The fraction of sp³-hybridized carbons (Fsp3) is 0.833. The van der Waals surface area contributed by atoms with Gasteiger partial charge in [0.25, 0.3) is 0 Å². The largest absolute Gasteiger partial charge is 0.412 e. The number of nitrogens with one attached hydrogen (secondary N) is 2. The number of hydrogen-bond acceptors (Lipinski definition) is 5. The van der Waals surface area contributed by atoms with E-state index in [4.69, 9.17) is 9.47 Å². The topological polar surface area (TPSA) is 98.3 Å². The summed E-state index contributed by atoms with van der Waals surface area (Å²) in [5.74, 6) is 1.11. The van der Waals surface area contributed by atoms with Crippen LogP contribution in [0.2, 0.25) is 0 Å². The molecule has 2 aliphatic rings. The number of unbranched alkanes of at least 4 members (excludes halogenated alkanes) is 1. The van der Waals surface area contributed by atoms with Crippen LogP contribution >= 0.6 is 0 Å². The molecule has 26 heavy (non-hydrogen) atoms. The highest BCUT2D eigenvalue weighted by molar-refractivity contribution is 5.86. The third-order valence-corrected chi connectivity index (χ3v) is 4.33. The average molecular weight is 374 g/mol. The maximum Gasteiger partial charge on any atom is 0.226 e. The monoisotopic (exact) mass is 373 g/mol. The predicted molar refractivity (Wildman–Crippen MR) is 108 cm³/mol. The first-order valence-corrected chi connectivity index (χ1v) is 9.80. The minimum Gasteiger partial charge on any atom is -0.412 e. The molecule has 3 heterocycles. The van der Waals surface area contributed by atoms with Gasteiger partial charge in [-0.05, 0) is 19.8 Å². The van der Waals surface area contributed by atoms with Gasteiger partial charge in [0.15, 0.2) is 5.82 Å². The number of anilines is 1. The summed E-state index contributed by atoms with van der Waals surface area (Å²) in [6.07, 6.45) is 5.30. The molecule has 1 aromatic heterocycles. The zero-order valence-electron chi connectivity index (χ0n) is 16.8. The molecule has 8 nitrogen and oxygen atoms in total. The molecule has 1 fully saturated rings. The van der Waals surface area contributed by atoms with Gasteiger partial charge in [-0.3, -0.25) is 14.7 Å². The third kappa shape index (κ3) is 6.42. The van der Waals surface area contributed by atoms with Crippen LogP contribution in [0.4, 0.5) is 5.82 Å². The van der Waals surface area contributed by atoms with Crippen LogP contribution in [0.15, 0.2) is 4.99 Å². The molecule has 0 radical (unpaired) electrons. The number of fused-ring (bicyclic) bond motifs is 1. The van der Waals surface area contributed by atoms with Crippen LogP contribution in [-0.2, 0) is 16.0 Å². The lowest BCUT2D eigenvalue weighted by Gasteiger charge is -2.32. The van der Waals surface area contributed by atoms with Gasteiger partial charge in [0.05, 0.1) is 25.5 Å². The number of aliphatic imine (C=N–C) groups is 1. The van der Waals surface area contributed by atoms with Crippen molar-refractivity contribution in [1.29, 1.82) is 0 Å². The second kappa shape index (κ2) is 12.1. The van der Waals surface area contributed by atoms with Crippen molar-refractivity contribution in [3.63, 3.8) is 0 Å². The number of nitrogens with zero attached hydrogens (tertiary/aromatic N) is 3. The minimum atomic E-state index is -0.245. The van der Waals surface area contributed by atoms with Gasteiger partial charge in [-0.25, -0.2) is 4.99 Å². The van der Waals surface area contributed by atoms with Crippen molar-refractivity contribution in [3.8, 4) is 0 Å². The van der Waals surface area contributed by atoms with Gasteiger partial charge in [-0.2, -0.15) is 0 Å². The first-order valence-electron chi connectivity index (χ1n) is 9.80.